The molecule has 104 valence electrons. The summed E-state index contributed by atoms with van der Waals surface area (Å²) in [6, 6.07) is 7.13. The number of aliphatic imine (C=N–C) groups is 2. The van der Waals surface area contributed by atoms with Crippen LogP contribution in [0.15, 0.2) is 34.3 Å². The zero-order valence-electron chi connectivity index (χ0n) is 10.9. The number of nitrogens with two attached hydrogens (primary N) is 3. The van der Waals surface area contributed by atoms with Crippen molar-refractivity contribution >= 4 is 17.6 Å². The Morgan fingerprint density at radius 2 is 2.00 bits per heavy atom. The monoisotopic (exact) mass is 265 g/mol. The van der Waals surface area contributed by atoms with Gasteiger partial charge in [0.2, 0.25) is 5.96 Å². The van der Waals surface area contributed by atoms with Gasteiger partial charge in [0.1, 0.15) is 12.4 Å². The summed E-state index contributed by atoms with van der Waals surface area (Å²) >= 11 is 0. The van der Waals surface area contributed by atoms with Crippen LogP contribution in [0.25, 0.3) is 0 Å². The van der Waals surface area contributed by atoms with Crippen molar-refractivity contribution in [2.75, 3.05) is 19.8 Å². The third-order valence-electron chi connectivity index (χ3n) is 2.01. The first-order valence-electron chi connectivity index (χ1n) is 5.86. The van der Waals surface area contributed by atoms with Crippen molar-refractivity contribution in [1.82, 2.24) is 0 Å². The Morgan fingerprint density at radius 1 is 1.21 bits per heavy atom. The van der Waals surface area contributed by atoms with Gasteiger partial charge in [0.15, 0.2) is 5.96 Å². The quantitative estimate of drug-likeness (QED) is 0.388. The molecular weight excluding hydrogens is 246 g/mol. The van der Waals surface area contributed by atoms with Crippen molar-refractivity contribution in [3.8, 4) is 5.75 Å². The maximum atomic E-state index is 5.54. The van der Waals surface area contributed by atoms with Crippen LogP contribution in [0.4, 0.5) is 5.69 Å². The largest absolute Gasteiger partial charge is 0.491 e. The maximum absolute atomic E-state index is 5.54. The molecule has 0 heterocycles. The maximum Gasteiger partial charge on any atom is 0.223 e. The molecule has 6 N–H and O–H groups in total. The number of hydrogen-bond donors (Lipinski definition) is 3. The lowest BCUT2D eigenvalue weighted by molar-refractivity contribution is 0.110. The molecule has 0 atom stereocenters. The summed E-state index contributed by atoms with van der Waals surface area (Å²) in [4.78, 5) is 7.67. The van der Waals surface area contributed by atoms with Crippen molar-refractivity contribution in [3.05, 3.63) is 24.3 Å². The van der Waals surface area contributed by atoms with Crippen LogP contribution in [0.3, 0.4) is 0 Å². The zero-order valence-corrected chi connectivity index (χ0v) is 10.9. The van der Waals surface area contributed by atoms with Crippen LogP contribution >= 0.6 is 0 Å². The van der Waals surface area contributed by atoms with E-state index in [1.54, 1.807) is 18.2 Å². The molecule has 7 nitrogen and oxygen atoms in total. The number of benzene rings is 1. The summed E-state index contributed by atoms with van der Waals surface area (Å²) in [7, 11) is 0. The Balaban J connectivity index is 2.64. The van der Waals surface area contributed by atoms with Crippen LogP contribution in [-0.2, 0) is 4.74 Å². The second kappa shape index (κ2) is 7.93. The summed E-state index contributed by atoms with van der Waals surface area (Å²) in [5, 5.41) is 0. The molecule has 0 fully saturated rings. The Morgan fingerprint density at radius 3 is 2.68 bits per heavy atom. The van der Waals surface area contributed by atoms with E-state index < -0.39 is 0 Å². The van der Waals surface area contributed by atoms with Crippen LogP contribution in [-0.4, -0.2) is 31.7 Å². The van der Waals surface area contributed by atoms with E-state index in [0.29, 0.717) is 31.3 Å². The van der Waals surface area contributed by atoms with Gasteiger partial charge in [-0.05, 0) is 19.1 Å². The average molecular weight is 265 g/mol. The third-order valence-corrected chi connectivity index (χ3v) is 2.01. The Labute approximate surface area is 112 Å². The lowest BCUT2D eigenvalue weighted by Crippen LogP contribution is -2.26. The molecule has 0 bridgehead atoms. The summed E-state index contributed by atoms with van der Waals surface area (Å²) in [5.74, 6) is 0.537. The first-order chi connectivity index (χ1) is 9.11. The highest BCUT2D eigenvalue weighted by Crippen LogP contribution is 2.19. The normalized spacial score (nSPS) is 11.1. The standard InChI is InChI=1S/C12H19N5O2/c1-2-18-6-7-19-10-5-3-4-9(8-10)16-12(15)17-11(13)14/h3-5,8H,2,6-7H2,1H3,(H6,13,14,15,16,17). The lowest BCUT2D eigenvalue weighted by atomic mass is 10.3. The van der Waals surface area contributed by atoms with Gasteiger partial charge in [-0.2, -0.15) is 4.99 Å². The van der Waals surface area contributed by atoms with Gasteiger partial charge in [-0.1, -0.05) is 6.07 Å². The van der Waals surface area contributed by atoms with Gasteiger partial charge in [-0.3, -0.25) is 0 Å². The molecular formula is C12H19N5O2. The molecule has 0 aliphatic rings. The van der Waals surface area contributed by atoms with Crippen LogP contribution in [0.5, 0.6) is 5.75 Å². The topological polar surface area (TPSA) is 121 Å². The molecule has 0 saturated heterocycles. The third kappa shape index (κ3) is 6.27. The first kappa shape index (κ1) is 14.8. The lowest BCUT2D eigenvalue weighted by Gasteiger charge is -2.06. The van der Waals surface area contributed by atoms with Crippen molar-refractivity contribution in [1.29, 1.82) is 0 Å². The van der Waals surface area contributed by atoms with Crippen molar-refractivity contribution < 1.29 is 9.47 Å². The van der Waals surface area contributed by atoms with Gasteiger partial charge in [0.05, 0.1) is 12.3 Å². The summed E-state index contributed by atoms with van der Waals surface area (Å²) < 4.78 is 10.7. The molecule has 1 aromatic rings. The molecule has 0 aliphatic heterocycles. The van der Waals surface area contributed by atoms with E-state index in [-0.39, 0.29) is 11.9 Å². The minimum Gasteiger partial charge on any atom is -0.491 e. The SMILES string of the molecule is CCOCCOc1cccc(N=C(N)N=C(N)N)c1. The molecule has 0 amide bonds. The van der Waals surface area contributed by atoms with Gasteiger partial charge in [-0.15, -0.1) is 0 Å². The molecule has 7 heteroatoms. The van der Waals surface area contributed by atoms with E-state index >= 15 is 0 Å². The Kier molecular flexibility index (Phi) is 6.17. The first-order valence-corrected chi connectivity index (χ1v) is 5.86. The summed E-state index contributed by atoms with van der Waals surface area (Å²) in [5.41, 5.74) is 16.5. The van der Waals surface area contributed by atoms with Gasteiger partial charge < -0.3 is 26.7 Å². The van der Waals surface area contributed by atoms with E-state index in [9.17, 15) is 0 Å². The van der Waals surface area contributed by atoms with E-state index in [1.807, 2.05) is 13.0 Å². The fraction of sp³-hybridized carbons (Fsp3) is 0.333. The van der Waals surface area contributed by atoms with Crippen molar-refractivity contribution in [3.63, 3.8) is 0 Å². The number of hydrogen-bond acceptors (Lipinski definition) is 3. The molecule has 0 saturated carbocycles. The van der Waals surface area contributed by atoms with Crippen LogP contribution in [0.2, 0.25) is 0 Å². The highest BCUT2D eigenvalue weighted by atomic mass is 16.5. The van der Waals surface area contributed by atoms with Crippen LogP contribution in [0.1, 0.15) is 6.92 Å². The molecule has 0 unspecified atom stereocenters. The second-order valence-electron chi connectivity index (χ2n) is 3.55. The van der Waals surface area contributed by atoms with Crippen LogP contribution in [0, 0.1) is 0 Å². The molecule has 19 heavy (non-hydrogen) atoms. The summed E-state index contributed by atoms with van der Waals surface area (Å²) in [6.45, 7) is 3.62. The molecule has 1 aromatic carbocycles. The van der Waals surface area contributed by atoms with Crippen molar-refractivity contribution in [2.45, 2.75) is 6.92 Å². The predicted molar refractivity (Wildman–Crippen MR) is 75.5 cm³/mol. The molecule has 0 aromatic heterocycles. The molecule has 0 aliphatic carbocycles. The van der Waals surface area contributed by atoms with E-state index in [0.717, 1.165) is 0 Å². The molecule has 0 radical (unpaired) electrons. The Hall–Kier alpha value is -2.28. The predicted octanol–water partition coefficient (Wildman–Crippen LogP) is 0.322. The van der Waals surface area contributed by atoms with Gasteiger partial charge in [-0.25, -0.2) is 4.99 Å². The summed E-state index contributed by atoms with van der Waals surface area (Å²) in [6.07, 6.45) is 0. The highest BCUT2D eigenvalue weighted by molar-refractivity contribution is 5.93. The van der Waals surface area contributed by atoms with Gasteiger partial charge in [0, 0.05) is 12.7 Å². The van der Waals surface area contributed by atoms with E-state index in [1.165, 1.54) is 0 Å². The number of ether oxygens (including phenoxy) is 2. The second-order valence-corrected chi connectivity index (χ2v) is 3.55. The minimum absolute atomic E-state index is 0.00790. The number of rotatable bonds is 6. The fourth-order valence-corrected chi connectivity index (χ4v) is 1.30. The van der Waals surface area contributed by atoms with Gasteiger partial charge in [0.25, 0.3) is 0 Å². The van der Waals surface area contributed by atoms with E-state index in [2.05, 4.69) is 9.98 Å². The number of guanidine groups is 2. The molecule has 1 rings (SSSR count). The minimum atomic E-state index is -0.134. The number of nitrogens with zero attached hydrogens (tertiary/aromatic N) is 2. The average Bonchev–Trinajstić information content (AvgIpc) is 2.34. The van der Waals surface area contributed by atoms with Crippen molar-refractivity contribution in [2.24, 2.45) is 27.2 Å². The smallest absolute Gasteiger partial charge is 0.223 e. The van der Waals surface area contributed by atoms with E-state index in [4.69, 9.17) is 26.7 Å². The Bertz CT molecular complexity index is 455. The highest BCUT2D eigenvalue weighted by Gasteiger charge is 1.97. The molecule has 0 spiro atoms. The van der Waals surface area contributed by atoms with Crippen LogP contribution < -0.4 is 21.9 Å². The van der Waals surface area contributed by atoms with Gasteiger partial charge >= 0.3 is 0 Å². The zero-order chi connectivity index (χ0) is 14.1. The fourth-order valence-electron chi connectivity index (χ4n) is 1.30.